The fourth-order valence-corrected chi connectivity index (χ4v) is 0. The standard InChI is InChI=1S/CH4.H4Si.Ti.V/h2*1H4;;. The van der Waals surface area contributed by atoms with Crippen molar-refractivity contribution < 1.29 is 40.3 Å². The van der Waals surface area contributed by atoms with E-state index in [-0.39, 0.29) is 58.7 Å². The van der Waals surface area contributed by atoms with Crippen molar-refractivity contribution in [1.82, 2.24) is 0 Å². The summed E-state index contributed by atoms with van der Waals surface area (Å²) in [5.74, 6) is 0. The number of rotatable bonds is 0. The monoisotopic (exact) mass is 147 g/mol. The van der Waals surface area contributed by atoms with Gasteiger partial charge in [0.2, 0.25) is 0 Å². The Morgan fingerprint density at radius 3 is 1.00 bits per heavy atom. The number of hydrogen-bond donors (Lipinski definition) is 0. The summed E-state index contributed by atoms with van der Waals surface area (Å²) < 4.78 is 0. The summed E-state index contributed by atoms with van der Waals surface area (Å²) in [6.07, 6.45) is 0. The zero-order chi connectivity index (χ0) is 0. The first-order valence-corrected chi connectivity index (χ1v) is 0. The van der Waals surface area contributed by atoms with Crippen LogP contribution in [0.25, 0.3) is 0 Å². The van der Waals surface area contributed by atoms with E-state index in [0.717, 1.165) is 0 Å². The van der Waals surface area contributed by atoms with Crippen LogP contribution in [0.1, 0.15) is 7.43 Å². The van der Waals surface area contributed by atoms with E-state index in [1.807, 2.05) is 0 Å². The third kappa shape index (κ3) is 9.69. The predicted molar refractivity (Wildman–Crippen MR) is 18.1 cm³/mol. The summed E-state index contributed by atoms with van der Waals surface area (Å²) >= 11 is 0. The van der Waals surface area contributed by atoms with Crippen LogP contribution in [0.4, 0.5) is 0 Å². The van der Waals surface area contributed by atoms with Gasteiger partial charge in [0.05, 0.1) is 0 Å². The van der Waals surface area contributed by atoms with E-state index in [0.29, 0.717) is 0 Å². The molecule has 0 aromatic heterocycles. The summed E-state index contributed by atoms with van der Waals surface area (Å²) in [7, 11) is 0. The van der Waals surface area contributed by atoms with Gasteiger partial charge in [0.15, 0.2) is 0 Å². The molecule has 0 nitrogen and oxygen atoms in total. The molecule has 0 aliphatic heterocycles. The maximum Gasteiger partial charge on any atom is 0 e. The van der Waals surface area contributed by atoms with Crippen LogP contribution in [0.5, 0.6) is 0 Å². The Morgan fingerprint density at radius 1 is 1.00 bits per heavy atom. The maximum atomic E-state index is 0. The topological polar surface area (TPSA) is 0 Å². The van der Waals surface area contributed by atoms with Gasteiger partial charge in [-0.2, -0.15) is 0 Å². The Bertz CT molecular complexity index is 8.00. The van der Waals surface area contributed by atoms with Crippen LogP contribution in [-0.2, 0) is 40.3 Å². The van der Waals surface area contributed by atoms with Gasteiger partial charge in [-0.3, -0.25) is 0 Å². The van der Waals surface area contributed by atoms with E-state index in [2.05, 4.69) is 0 Å². The molecule has 0 aromatic carbocycles. The second kappa shape index (κ2) is 24.3. The second-order valence-corrected chi connectivity index (χ2v) is 0. The van der Waals surface area contributed by atoms with Crippen molar-refractivity contribution in [3.8, 4) is 0 Å². The Kier molecular flexibility index (Phi) is 297. The smallest absolute Gasteiger partial charge is 0 e. The normalized spacial score (nSPS) is 0. The Morgan fingerprint density at radius 2 is 1.00 bits per heavy atom. The van der Waals surface area contributed by atoms with Crippen LogP contribution < -0.4 is 0 Å². The van der Waals surface area contributed by atoms with Crippen LogP contribution in [-0.4, -0.2) is 11.0 Å². The predicted octanol–water partition coefficient (Wildman–Crippen LogP) is -0.821. The molecule has 1 radical (unpaired) electrons. The molecule has 3 heteroatoms. The third-order valence-corrected chi connectivity index (χ3v) is 0. The molecule has 4 heavy (non-hydrogen) atoms. The Balaban J connectivity index is 0. The van der Waals surface area contributed by atoms with Crippen molar-refractivity contribution in [2.24, 2.45) is 0 Å². The van der Waals surface area contributed by atoms with Gasteiger partial charge in [0.25, 0.3) is 0 Å². The van der Waals surface area contributed by atoms with Crippen LogP contribution in [0.3, 0.4) is 0 Å². The van der Waals surface area contributed by atoms with Gasteiger partial charge in [-0.1, -0.05) is 7.43 Å². The van der Waals surface area contributed by atoms with Crippen molar-refractivity contribution >= 4 is 11.0 Å². The van der Waals surface area contributed by atoms with Gasteiger partial charge in [-0.25, -0.2) is 0 Å². The molecule has 25 valence electrons. The molecule has 0 amide bonds. The largest absolute Gasteiger partial charge is 0.0776 e. The molecule has 0 heterocycles. The summed E-state index contributed by atoms with van der Waals surface area (Å²) in [6.45, 7) is 0. The van der Waals surface area contributed by atoms with Crippen LogP contribution in [0, 0.1) is 0 Å². The van der Waals surface area contributed by atoms with E-state index >= 15 is 0 Å². The minimum absolute atomic E-state index is 0. The van der Waals surface area contributed by atoms with Crippen molar-refractivity contribution in [3.63, 3.8) is 0 Å². The zero-order valence-electron chi connectivity index (χ0n) is 0.947. The SMILES string of the molecule is C.[SiH4].[Ti].[V]. The van der Waals surface area contributed by atoms with E-state index in [9.17, 15) is 0 Å². The van der Waals surface area contributed by atoms with E-state index in [1.54, 1.807) is 0 Å². The molecular formula is CH8SiTiV. The molecule has 0 aliphatic rings. The summed E-state index contributed by atoms with van der Waals surface area (Å²) in [5.41, 5.74) is 0. The molecule has 0 aliphatic carbocycles. The average Bonchev–Trinajstić information content (AvgIpc) is 0. The summed E-state index contributed by atoms with van der Waals surface area (Å²) in [6, 6.07) is 0. The third-order valence-electron chi connectivity index (χ3n) is 0. The van der Waals surface area contributed by atoms with Crippen molar-refractivity contribution in [2.45, 2.75) is 7.43 Å². The first-order valence-electron chi connectivity index (χ1n) is 0. The van der Waals surface area contributed by atoms with Crippen molar-refractivity contribution in [1.29, 1.82) is 0 Å². The summed E-state index contributed by atoms with van der Waals surface area (Å²) in [5, 5.41) is 0. The molecule has 0 atom stereocenters. The molecule has 0 fully saturated rings. The molecule has 0 spiro atoms. The Hall–Kier alpha value is 1.52. The first kappa shape index (κ1) is 49.0. The van der Waals surface area contributed by atoms with Gasteiger partial charge >= 0.3 is 0 Å². The number of hydrogen-bond acceptors (Lipinski definition) is 0. The van der Waals surface area contributed by atoms with Gasteiger partial charge in [-0.05, 0) is 11.0 Å². The van der Waals surface area contributed by atoms with Crippen LogP contribution >= 0.6 is 0 Å². The van der Waals surface area contributed by atoms with Crippen molar-refractivity contribution in [3.05, 3.63) is 0 Å². The second-order valence-electron chi connectivity index (χ2n) is 0. The minimum Gasteiger partial charge on any atom is -0.0776 e. The molecule has 0 bridgehead atoms. The van der Waals surface area contributed by atoms with E-state index in [1.165, 1.54) is 0 Å². The first-order chi connectivity index (χ1) is 0. The Labute approximate surface area is 58.5 Å². The van der Waals surface area contributed by atoms with Gasteiger partial charge in [-0.15, -0.1) is 0 Å². The minimum atomic E-state index is 0. The van der Waals surface area contributed by atoms with Gasteiger partial charge in [0.1, 0.15) is 0 Å². The van der Waals surface area contributed by atoms with Crippen LogP contribution in [0.2, 0.25) is 0 Å². The van der Waals surface area contributed by atoms with E-state index < -0.39 is 0 Å². The molecule has 0 N–H and O–H groups in total. The zero-order valence-corrected chi connectivity index (χ0v) is 3.91. The molecule has 0 saturated heterocycles. The van der Waals surface area contributed by atoms with E-state index in [4.69, 9.17) is 0 Å². The fraction of sp³-hybridized carbons (Fsp3) is 1.00. The van der Waals surface area contributed by atoms with Crippen molar-refractivity contribution in [2.75, 3.05) is 0 Å². The van der Waals surface area contributed by atoms with Crippen LogP contribution in [0.15, 0.2) is 0 Å². The maximum absolute atomic E-state index is 0. The molecule has 0 aromatic rings. The molecule has 0 rings (SSSR count). The van der Waals surface area contributed by atoms with Gasteiger partial charge < -0.3 is 0 Å². The van der Waals surface area contributed by atoms with Gasteiger partial charge in [0, 0.05) is 40.3 Å². The molecular weight excluding hydrogens is 139 g/mol. The summed E-state index contributed by atoms with van der Waals surface area (Å²) in [4.78, 5) is 0. The molecule has 0 unspecified atom stereocenters. The molecule has 0 saturated carbocycles. The quantitative estimate of drug-likeness (QED) is 0.392. The fourth-order valence-electron chi connectivity index (χ4n) is 0. The average molecular weight is 147 g/mol.